The molecule has 0 spiro atoms. The molecule has 5 heteroatoms. The molecule has 1 aromatic rings. The van der Waals surface area contributed by atoms with Gasteiger partial charge in [-0.2, -0.15) is 0 Å². The fourth-order valence-corrected chi connectivity index (χ4v) is 6.25. The summed E-state index contributed by atoms with van der Waals surface area (Å²) in [7, 11) is 3.51. The van der Waals surface area contributed by atoms with E-state index in [1.54, 1.807) is 14.2 Å². The van der Waals surface area contributed by atoms with Gasteiger partial charge < -0.3 is 19.7 Å². The lowest BCUT2D eigenvalue weighted by molar-refractivity contribution is 0.0186. The maximum atomic E-state index is 13.1. The normalized spacial score (nSPS) is 36.9. The maximum Gasteiger partial charge on any atom is 0.318 e. The highest BCUT2D eigenvalue weighted by Gasteiger charge is 2.60. The predicted octanol–water partition coefficient (Wildman–Crippen LogP) is 3.14. The van der Waals surface area contributed by atoms with E-state index in [1.807, 2.05) is 6.07 Å². The highest BCUT2D eigenvalue weighted by molar-refractivity contribution is 5.76. The minimum Gasteiger partial charge on any atom is -0.497 e. The first kappa shape index (κ1) is 16.4. The van der Waals surface area contributed by atoms with E-state index >= 15 is 0 Å². The molecule has 0 aromatic heterocycles. The van der Waals surface area contributed by atoms with Crippen LogP contribution in [0.4, 0.5) is 4.79 Å². The molecule has 2 bridgehead atoms. The summed E-state index contributed by atoms with van der Waals surface area (Å²) in [5, 5.41) is 3.34. The first-order valence-electron chi connectivity index (χ1n) is 9.96. The van der Waals surface area contributed by atoms with Crippen molar-refractivity contribution in [3.05, 3.63) is 29.3 Å². The third-order valence-corrected chi connectivity index (χ3v) is 7.31. The van der Waals surface area contributed by atoms with Crippen LogP contribution in [0.2, 0.25) is 0 Å². The van der Waals surface area contributed by atoms with E-state index in [2.05, 4.69) is 22.3 Å². The van der Waals surface area contributed by atoms with Crippen molar-refractivity contribution in [3.63, 3.8) is 0 Å². The summed E-state index contributed by atoms with van der Waals surface area (Å²) in [6.07, 6.45) is 5.87. The Morgan fingerprint density at radius 3 is 2.92 bits per heavy atom. The second kappa shape index (κ2) is 6.15. The largest absolute Gasteiger partial charge is 0.497 e. The summed E-state index contributed by atoms with van der Waals surface area (Å²) in [5.41, 5.74) is 2.55. The van der Waals surface area contributed by atoms with Crippen LogP contribution >= 0.6 is 0 Å². The number of carbonyl (C=O) groups is 1. The van der Waals surface area contributed by atoms with Crippen LogP contribution in [0.3, 0.4) is 0 Å². The molecule has 1 heterocycles. The summed E-state index contributed by atoms with van der Waals surface area (Å²) in [4.78, 5) is 15.2. The van der Waals surface area contributed by atoms with Crippen LogP contribution in [0.15, 0.2) is 18.2 Å². The number of carbonyl (C=O) groups excluding carboxylic acids is 1. The molecule has 1 aromatic carbocycles. The van der Waals surface area contributed by atoms with Gasteiger partial charge in [0.1, 0.15) is 5.75 Å². The molecule has 4 aliphatic rings. The average molecular weight is 356 g/mol. The van der Waals surface area contributed by atoms with Gasteiger partial charge in [0.05, 0.1) is 25.3 Å². The Morgan fingerprint density at radius 1 is 1.23 bits per heavy atom. The molecule has 2 saturated carbocycles. The number of benzene rings is 1. The van der Waals surface area contributed by atoms with Crippen molar-refractivity contribution in [1.82, 2.24) is 10.2 Å². The third kappa shape index (κ3) is 2.36. The molecule has 5 nitrogen and oxygen atoms in total. The topological polar surface area (TPSA) is 50.8 Å². The molecule has 5 rings (SSSR count). The lowest BCUT2D eigenvalue weighted by Gasteiger charge is -2.33. The molecule has 140 valence electrons. The summed E-state index contributed by atoms with van der Waals surface area (Å²) in [6.45, 7) is 0.902. The second-order valence-electron chi connectivity index (χ2n) is 8.46. The van der Waals surface area contributed by atoms with Crippen LogP contribution in [0.25, 0.3) is 0 Å². The van der Waals surface area contributed by atoms with Gasteiger partial charge in [-0.3, -0.25) is 0 Å². The molecule has 1 aliphatic heterocycles. The van der Waals surface area contributed by atoms with Crippen molar-refractivity contribution in [3.8, 4) is 5.75 Å². The fraction of sp³-hybridized carbons (Fsp3) is 0.667. The molecule has 1 saturated heterocycles. The molecule has 3 aliphatic carbocycles. The highest BCUT2D eigenvalue weighted by Crippen LogP contribution is 2.55. The predicted molar refractivity (Wildman–Crippen MR) is 98.2 cm³/mol. The smallest absolute Gasteiger partial charge is 0.318 e. The van der Waals surface area contributed by atoms with Gasteiger partial charge in [-0.25, -0.2) is 4.79 Å². The number of hydrogen-bond acceptors (Lipinski definition) is 3. The molecule has 2 amide bonds. The van der Waals surface area contributed by atoms with Gasteiger partial charge in [0.2, 0.25) is 0 Å². The van der Waals surface area contributed by atoms with Crippen molar-refractivity contribution < 1.29 is 14.3 Å². The Hall–Kier alpha value is -1.75. The van der Waals surface area contributed by atoms with E-state index < -0.39 is 0 Å². The molecule has 1 N–H and O–H groups in total. The Bertz CT molecular complexity index is 719. The van der Waals surface area contributed by atoms with Gasteiger partial charge >= 0.3 is 6.03 Å². The molecule has 6 unspecified atom stereocenters. The first-order valence-corrected chi connectivity index (χ1v) is 9.96. The van der Waals surface area contributed by atoms with Gasteiger partial charge in [0, 0.05) is 13.7 Å². The summed E-state index contributed by atoms with van der Waals surface area (Å²) >= 11 is 0. The van der Waals surface area contributed by atoms with E-state index in [-0.39, 0.29) is 24.2 Å². The van der Waals surface area contributed by atoms with E-state index in [0.717, 1.165) is 31.6 Å². The van der Waals surface area contributed by atoms with Gasteiger partial charge in [-0.15, -0.1) is 0 Å². The lowest BCUT2D eigenvalue weighted by atomic mass is 9.87. The Morgan fingerprint density at radius 2 is 2.12 bits per heavy atom. The first-order chi connectivity index (χ1) is 12.7. The number of nitrogens with one attached hydrogen (secondary N) is 1. The van der Waals surface area contributed by atoms with Crippen molar-refractivity contribution in [2.24, 2.45) is 17.8 Å². The van der Waals surface area contributed by atoms with Crippen molar-refractivity contribution in [1.29, 1.82) is 0 Å². The molecule has 3 fully saturated rings. The SMILES string of the molecule is COc1ccc2c(c1)CCCC2NC(=O)N1CC2CC3CC2C1C3OC. The summed E-state index contributed by atoms with van der Waals surface area (Å²) in [5.74, 6) is 2.89. The minimum absolute atomic E-state index is 0.0979. The lowest BCUT2D eigenvalue weighted by Crippen LogP contribution is -2.49. The van der Waals surface area contributed by atoms with Crippen molar-refractivity contribution in [2.45, 2.75) is 50.3 Å². The van der Waals surface area contributed by atoms with Crippen LogP contribution in [0.5, 0.6) is 5.75 Å². The Kier molecular flexibility index (Phi) is 3.89. The van der Waals surface area contributed by atoms with E-state index in [9.17, 15) is 4.79 Å². The van der Waals surface area contributed by atoms with Crippen molar-refractivity contribution >= 4 is 6.03 Å². The second-order valence-corrected chi connectivity index (χ2v) is 8.46. The summed E-state index contributed by atoms with van der Waals surface area (Å²) < 4.78 is 11.1. The van der Waals surface area contributed by atoms with Gasteiger partial charge in [-0.1, -0.05) is 6.07 Å². The number of methoxy groups -OCH3 is 2. The molecular formula is C21H28N2O3. The highest BCUT2D eigenvalue weighted by atomic mass is 16.5. The minimum atomic E-state index is 0.0979. The zero-order chi connectivity index (χ0) is 17.8. The molecule has 26 heavy (non-hydrogen) atoms. The number of likely N-dealkylation sites (tertiary alicyclic amines) is 1. The number of aryl methyl sites for hydroxylation is 1. The van der Waals surface area contributed by atoms with E-state index in [4.69, 9.17) is 9.47 Å². The number of fused-ring (bicyclic) bond motifs is 2. The third-order valence-electron chi connectivity index (χ3n) is 7.31. The zero-order valence-electron chi connectivity index (χ0n) is 15.6. The van der Waals surface area contributed by atoms with Crippen LogP contribution in [-0.2, 0) is 11.2 Å². The number of nitrogens with zero attached hydrogens (tertiary/aromatic N) is 1. The van der Waals surface area contributed by atoms with Gasteiger partial charge in [0.15, 0.2) is 0 Å². The monoisotopic (exact) mass is 356 g/mol. The Labute approximate surface area is 155 Å². The van der Waals surface area contributed by atoms with Gasteiger partial charge in [0.25, 0.3) is 0 Å². The van der Waals surface area contributed by atoms with Crippen LogP contribution < -0.4 is 10.1 Å². The molecule has 0 radical (unpaired) electrons. The zero-order valence-corrected chi connectivity index (χ0v) is 15.6. The van der Waals surface area contributed by atoms with Crippen molar-refractivity contribution in [2.75, 3.05) is 20.8 Å². The fourth-order valence-electron chi connectivity index (χ4n) is 6.25. The number of hydrogen-bond donors (Lipinski definition) is 1. The maximum absolute atomic E-state index is 13.1. The molecule has 6 atom stereocenters. The Balaban J connectivity index is 1.34. The standard InChI is InChI=1S/C21H28N2O3/c1-25-15-6-7-16-12(9-15)4-3-5-18(16)22-21(24)23-11-14-8-13-10-17(14)19(23)20(13)26-2/h6-7,9,13-14,17-20H,3-5,8,10-11H2,1-2H3,(H,22,24). The number of amides is 2. The van der Waals surface area contributed by atoms with Crippen LogP contribution in [0, 0.1) is 17.8 Å². The summed E-state index contributed by atoms with van der Waals surface area (Å²) in [6, 6.07) is 6.72. The van der Waals surface area contributed by atoms with E-state index in [0.29, 0.717) is 17.8 Å². The number of urea groups is 1. The van der Waals surface area contributed by atoms with Crippen LogP contribution in [0.1, 0.15) is 42.9 Å². The average Bonchev–Trinajstić information content (AvgIpc) is 3.28. The van der Waals surface area contributed by atoms with E-state index in [1.165, 1.54) is 24.0 Å². The number of ether oxygens (including phenoxy) is 2. The number of rotatable bonds is 3. The van der Waals surface area contributed by atoms with Gasteiger partial charge in [-0.05, 0) is 73.1 Å². The quantitative estimate of drug-likeness (QED) is 0.905. The molecular weight excluding hydrogens is 328 g/mol. The van der Waals surface area contributed by atoms with Crippen LogP contribution in [-0.4, -0.2) is 43.8 Å².